The van der Waals surface area contributed by atoms with Crippen molar-refractivity contribution in [1.82, 2.24) is 0 Å². The molecule has 0 N–H and O–H groups in total. The molecule has 2 nitrogen and oxygen atoms in total. The second-order valence-corrected chi connectivity index (χ2v) is 6.12. The van der Waals surface area contributed by atoms with E-state index in [-0.39, 0.29) is 23.4 Å². The molecule has 2 aromatic rings. The van der Waals surface area contributed by atoms with E-state index in [1.807, 2.05) is 50.2 Å². The maximum absolute atomic E-state index is 12.5. The summed E-state index contributed by atoms with van der Waals surface area (Å²) in [6, 6.07) is 20.6. The maximum atomic E-state index is 12.5. The lowest BCUT2D eigenvalue weighted by Gasteiger charge is -2.19. The molecule has 0 amide bonds. The van der Waals surface area contributed by atoms with Crippen molar-refractivity contribution in [1.29, 1.82) is 0 Å². The average Bonchev–Trinajstić information content (AvgIpc) is 3.33. The summed E-state index contributed by atoms with van der Waals surface area (Å²) in [6.07, 6.45) is 1.66. The number of hydrogen-bond donors (Lipinski definition) is 0. The Morgan fingerprint density at radius 1 is 1.09 bits per heavy atom. The molecule has 114 valence electrons. The van der Waals surface area contributed by atoms with Crippen molar-refractivity contribution in [3.05, 3.63) is 71.8 Å². The fraction of sp³-hybridized carbons (Fsp3) is 0.350. The highest BCUT2D eigenvalue weighted by Crippen LogP contribution is 2.59. The summed E-state index contributed by atoms with van der Waals surface area (Å²) in [7, 11) is 0. The summed E-state index contributed by atoms with van der Waals surface area (Å²) in [5.41, 5.74) is 2.19. The highest BCUT2D eigenvalue weighted by atomic mass is 16.5. The van der Waals surface area contributed by atoms with E-state index in [9.17, 15) is 4.79 Å². The zero-order chi connectivity index (χ0) is 15.6. The molecule has 0 aromatic heterocycles. The first-order valence-corrected chi connectivity index (χ1v) is 8.00. The second kappa shape index (κ2) is 5.96. The van der Waals surface area contributed by atoms with Gasteiger partial charge in [-0.1, -0.05) is 67.6 Å². The van der Waals surface area contributed by atoms with Crippen LogP contribution in [0.15, 0.2) is 60.7 Å². The van der Waals surface area contributed by atoms with E-state index in [4.69, 9.17) is 4.74 Å². The Morgan fingerprint density at radius 3 is 2.05 bits per heavy atom. The number of esters is 1. The van der Waals surface area contributed by atoms with Crippen LogP contribution in [0.1, 0.15) is 37.8 Å². The molecule has 2 unspecified atom stereocenters. The number of ether oxygens (including phenoxy) is 1. The van der Waals surface area contributed by atoms with E-state index in [1.165, 1.54) is 11.1 Å². The predicted octanol–water partition coefficient (Wildman–Crippen LogP) is 4.33. The minimum absolute atomic E-state index is 0.0163. The van der Waals surface area contributed by atoms with Gasteiger partial charge in [0, 0.05) is 5.41 Å². The van der Waals surface area contributed by atoms with Crippen molar-refractivity contribution in [3.63, 3.8) is 0 Å². The quantitative estimate of drug-likeness (QED) is 0.767. The van der Waals surface area contributed by atoms with Crippen LogP contribution < -0.4 is 0 Å². The van der Waals surface area contributed by atoms with Crippen LogP contribution in [-0.2, 0) is 14.9 Å². The van der Waals surface area contributed by atoms with Crippen molar-refractivity contribution in [2.45, 2.75) is 38.2 Å². The lowest BCUT2D eigenvalue weighted by molar-refractivity contribution is -0.150. The van der Waals surface area contributed by atoms with Gasteiger partial charge >= 0.3 is 5.97 Å². The summed E-state index contributed by atoms with van der Waals surface area (Å²) in [5.74, 6) is -0.145. The van der Waals surface area contributed by atoms with Crippen LogP contribution in [0.5, 0.6) is 0 Å². The van der Waals surface area contributed by atoms with Crippen molar-refractivity contribution in [3.8, 4) is 0 Å². The van der Waals surface area contributed by atoms with Crippen LogP contribution in [0.4, 0.5) is 0 Å². The van der Waals surface area contributed by atoms with Crippen LogP contribution in [0, 0.1) is 5.92 Å². The Balaban J connectivity index is 1.93. The molecule has 2 atom stereocenters. The molecule has 0 saturated heterocycles. The molecule has 0 bridgehead atoms. The van der Waals surface area contributed by atoms with Crippen LogP contribution in [0.3, 0.4) is 0 Å². The minimum Gasteiger partial charge on any atom is -0.462 e. The number of rotatable bonds is 5. The largest absolute Gasteiger partial charge is 0.462 e. The van der Waals surface area contributed by atoms with Gasteiger partial charge in [-0.2, -0.15) is 0 Å². The summed E-state index contributed by atoms with van der Waals surface area (Å²) >= 11 is 0. The van der Waals surface area contributed by atoms with Gasteiger partial charge in [-0.15, -0.1) is 0 Å². The zero-order valence-corrected chi connectivity index (χ0v) is 13.2. The highest BCUT2D eigenvalue weighted by molar-refractivity contribution is 5.81. The Kier molecular flexibility index (Phi) is 4.02. The Labute approximate surface area is 132 Å². The van der Waals surface area contributed by atoms with E-state index in [0.717, 1.165) is 12.8 Å². The van der Waals surface area contributed by atoms with E-state index >= 15 is 0 Å². The third kappa shape index (κ3) is 2.54. The lowest BCUT2D eigenvalue weighted by atomic mass is 9.86. The Hall–Kier alpha value is -2.09. The highest BCUT2D eigenvalue weighted by Gasteiger charge is 2.61. The molecule has 0 aliphatic heterocycles. The topological polar surface area (TPSA) is 26.3 Å². The molecule has 3 rings (SSSR count). The average molecular weight is 294 g/mol. The maximum Gasteiger partial charge on any atom is 0.310 e. The molecular weight excluding hydrogens is 272 g/mol. The van der Waals surface area contributed by atoms with Crippen molar-refractivity contribution >= 4 is 5.97 Å². The number of hydrogen-bond acceptors (Lipinski definition) is 2. The molecule has 1 saturated carbocycles. The zero-order valence-electron chi connectivity index (χ0n) is 13.2. The van der Waals surface area contributed by atoms with Gasteiger partial charge in [0.25, 0.3) is 0 Å². The van der Waals surface area contributed by atoms with E-state index < -0.39 is 0 Å². The van der Waals surface area contributed by atoms with E-state index in [2.05, 4.69) is 24.3 Å². The molecule has 22 heavy (non-hydrogen) atoms. The van der Waals surface area contributed by atoms with Gasteiger partial charge < -0.3 is 4.74 Å². The monoisotopic (exact) mass is 294 g/mol. The summed E-state index contributed by atoms with van der Waals surface area (Å²) in [6.45, 7) is 3.99. The third-order valence-electron chi connectivity index (χ3n) is 4.72. The first-order valence-electron chi connectivity index (χ1n) is 8.00. The molecule has 0 heterocycles. The summed E-state index contributed by atoms with van der Waals surface area (Å²) < 4.78 is 5.58. The molecule has 1 fully saturated rings. The molecule has 2 heteroatoms. The van der Waals surface area contributed by atoms with Gasteiger partial charge in [-0.3, -0.25) is 4.79 Å². The SMILES string of the molecule is CCC(C)OC(=O)C1CC1(c1ccccc1)c1ccccc1. The van der Waals surface area contributed by atoms with Crippen LogP contribution in [0.25, 0.3) is 0 Å². The van der Waals surface area contributed by atoms with Gasteiger partial charge in [-0.05, 0) is 30.9 Å². The fourth-order valence-electron chi connectivity index (χ4n) is 3.19. The first-order chi connectivity index (χ1) is 10.7. The van der Waals surface area contributed by atoms with Gasteiger partial charge in [0.05, 0.1) is 12.0 Å². The standard InChI is InChI=1S/C20H22O2/c1-3-15(2)22-19(21)18-14-20(18,16-10-6-4-7-11-16)17-12-8-5-9-13-17/h4-13,15,18H,3,14H2,1-2H3. The third-order valence-corrected chi connectivity index (χ3v) is 4.72. The Morgan fingerprint density at radius 2 is 1.59 bits per heavy atom. The molecule has 1 aliphatic carbocycles. The lowest BCUT2D eigenvalue weighted by Crippen LogP contribution is -2.22. The number of benzene rings is 2. The molecular formula is C20H22O2. The molecule has 1 aliphatic rings. The predicted molar refractivity (Wildman–Crippen MR) is 87.6 cm³/mol. The normalized spacial score (nSPS) is 20.2. The first kappa shape index (κ1) is 14.8. The van der Waals surface area contributed by atoms with Crippen LogP contribution >= 0.6 is 0 Å². The smallest absolute Gasteiger partial charge is 0.310 e. The van der Waals surface area contributed by atoms with E-state index in [1.54, 1.807) is 0 Å². The minimum atomic E-state index is -0.215. The van der Waals surface area contributed by atoms with Crippen molar-refractivity contribution in [2.75, 3.05) is 0 Å². The van der Waals surface area contributed by atoms with Crippen LogP contribution in [-0.4, -0.2) is 12.1 Å². The van der Waals surface area contributed by atoms with Gasteiger partial charge in [-0.25, -0.2) is 0 Å². The molecule has 2 aromatic carbocycles. The van der Waals surface area contributed by atoms with Crippen molar-refractivity contribution in [2.24, 2.45) is 5.92 Å². The summed E-state index contributed by atoms with van der Waals surface area (Å²) in [4.78, 5) is 12.5. The summed E-state index contributed by atoms with van der Waals surface area (Å²) in [5, 5.41) is 0. The fourth-order valence-corrected chi connectivity index (χ4v) is 3.19. The van der Waals surface area contributed by atoms with Crippen LogP contribution in [0.2, 0.25) is 0 Å². The van der Waals surface area contributed by atoms with E-state index in [0.29, 0.717) is 0 Å². The van der Waals surface area contributed by atoms with Gasteiger partial charge in [0.2, 0.25) is 0 Å². The Bertz CT molecular complexity index is 594. The van der Waals surface area contributed by atoms with Crippen molar-refractivity contribution < 1.29 is 9.53 Å². The van der Waals surface area contributed by atoms with Gasteiger partial charge in [0.15, 0.2) is 0 Å². The molecule has 0 radical (unpaired) electrons. The second-order valence-electron chi connectivity index (χ2n) is 6.12. The molecule has 0 spiro atoms. The number of carbonyl (C=O) groups excluding carboxylic acids is 1. The number of carbonyl (C=O) groups is 1. The van der Waals surface area contributed by atoms with Gasteiger partial charge in [0.1, 0.15) is 0 Å².